The van der Waals surface area contributed by atoms with Crippen LogP contribution in [0.3, 0.4) is 0 Å². The molecule has 104 valence electrons. The van der Waals surface area contributed by atoms with Crippen LogP contribution in [0, 0.1) is 5.92 Å². The van der Waals surface area contributed by atoms with Crippen molar-refractivity contribution >= 4 is 5.78 Å². The minimum atomic E-state index is 0.391. The second-order valence-corrected chi connectivity index (χ2v) is 6.00. The predicted octanol–water partition coefficient (Wildman–Crippen LogP) is 3.31. The highest BCUT2D eigenvalue weighted by atomic mass is 16.1. The van der Waals surface area contributed by atoms with Crippen molar-refractivity contribution in [1.29, 1.82) is 0 Å². The van der Waals surface area contributed by atoms with Crippen LogP contribution in [-0.2, 0) is 11.2 Å². The lowest BCUT2D eigenvalue weighted by molar-refractivity contribution is -0.119. The molecule has 0 bridgehead atoms. The van der Waals surface area contributed by atoms with Crippen molar-refractivity contribution in [2.24, 2.45) is 5.92 Å². The standard InChI is InChI=1S/C17H25NO/c1-14(2)18-10-6-9-16(13-18)12-17(19)11-15-7-4-3-5-8-15/h3-5,7-8,14,16H,6,9-13H2,1-2H3/t16-/m0/s1. The molecular formula is C17H25NO. The highest BCUT2D eigenvalue weighted by Crippen LogP contribution is 2.22. The lowest BCUT2D eigenvalue weighted by Gasteiger charge is -2.35. The molecule has 0 aliphatic carbocycles. The van der Waals surface area contributed by atoms with Crippen molar-refractivity contribution in [3.8, 4) is 0 Å². The maximum Gasteiger partial charge on any atom is 0.137 e. The molecule has 2 rings (SSSR count). The topological polar surface area (TPSA) is 20.3 Å². The van der Waals surface area contributed by atoms with Gasteiger partial charge in [-0.3, -0.25) is 4.79 Å². The van der Waals surface area contributed by atoms with E-state index in [0.29, 0.717) is 24.2 Å². The van der Waals surface area contributed by atoms with Gasteiger partial charge in [0.25, 0.3) is 0 Å². The molecule has 1 atom stereocenters. The molecule has 19 heavy (non-hydrogen) atoms. The zero-order valence-electron chi connectivity index (χ0n) is 12.1. The molecule has 0 saturated carbocycles. The van der Waals surface area contributed by atoms with Crippen LogP contribution >= 0.6 is 0 Å². The summed E-state index contributed by atoms with van der Waals surface area (Å²) in [5.74, 6) is 0.953. The Kier molecular flexibility index (Phi) is 5.15. The number of carbonyl (C=O) groups is 1. The molecule has 1 fully saturated rings. The quantitative estimate of drug-likeness (QED) is 0.808. The fourth-order valence-corrected chi connectivity index (χ4v) is 2.95. The Morgan fingerprint density at radius 3 is 2.74 bits per heavy atom. The molecule has 0 N–H and O–H groups in total. The fourth-order valence-electron chi connectivity index (χ4n) is 2.95. The van der Waals surface area contributed by atoms with Gasteiger partial charge in [-0.1, -0.05) is 30.3 Å². The average Bonchev–Trinajstić information content (AvgIpc) is 2.40. The molecule has 0 amide bonds. The zero-order chi connectivity index (χ0) is 13.7. The molecule has 1 heterocycles. The number of hydrogen-bond acceptors (Lipinski definition) is 2. The van der Waals surface area contributed by atoms with E-state index in [1.165, 1.54) is 19.4 Å². The van der Waals surface area contributed by atoms with Crippen LogP contribution in [0.4, 0.5) is 0 Å². The van der Waals surface area contributed by atoms with Gasteiger partial charge >= 0.3 is 0 Å². The van der Waals surface area contributed by atoms with Crippen molar-refractivity contribution in [3.05, 3.63) is 35.9 Å². The van der Waals surface area contributed by atoms with Gasteiger partial charge in [0.1, 0.15) is 5.78 Å². The molecule has 1 aliphatic rings. The highest BCUT2D eigenvalue weighted by molar-refractivity contribution is 5.81. The number of carbonyl (C=O) groups excluding carboxylic acids is 1. The first-order chi connectivity index (χ1) is 9.15. The Hall–Kier alpha value is -1.15. The molecular weight excluding hydrogens is 234 g/mol. The van der Waals surface area contributed by atoms with E-state index in [4.69, 9.17) is 0 Å². The highest BCUT2D eigenvalue weighted by Gasteiger charge is 2.23. The van der Waals surface area contributed by atoms with Crippen molar-refractivity contribution in [2.45, 2.75) is 45.6 Å². The summed E-state index contributed by atoms with van der Waals surface area (Å²) >= 11 is 0. The molecule has 1 aliphatic heterocycles. The number of ketones is 1. The maximum absolute atomic E-state index is 12.1. The Morgan fingerprint density at radius 1 is 1.32 bits per heavy atom. The molecule has 1 aromatic carbocycles. The monoisotopic (exact) mass is 259 g/mol. The Balaban J connectivity index is 1.82. The summed E-state index contributed by atoms with van der Waals surface area (Å²) in [5.41, 5.74) is 1.14. The first kappa shape index (κ1) is 14.3. The van der Waals surface area contributed by atoms with E-state index in [1.54, 1.807) is 0 Å². The largest absolute Gasteiger partial charge is 0.301 e. The summed E-state index contributed by atoms with van der Waals surface area (Å²) in [4.78, 5) is 14.6. The number of likely N-dealkylation sites (tertiary alicyclic amines) is 1. The molecule has 0 radical (unpaired) electrons. The number of rotatable bonds is 5. The summed E-state index contributed by atoms with van der Waals surface area (Å²) in [6.07, 6.45) is 3.79. The number of hydrogen-bond donors (Lipinski definition) is 0. The first-order valence-corrected chi connectivity index (χ1v) is 7.45. The number of Topliss-reactive ketones (excluding diaryl/α,β-unsaturated/α-hetero) is 1. The van der Waals surface area contributed by atoms with Crippen molar-refractivity contribution in [3.63, 3.8) is 0 Å². The molecule has 1 aromatic rings. The van der Waals surface area contributed by atoms with E-state index < -0.39 is 0 Å². The molecule has 2 nitrogen and oxygen atoms in total. The molecule has 2 heteroatoms. The summed E-state index contributed by atoms with van der Waals surface area (Å²) in [7, 11) is 0. The lowest BCUT2D eigenvalue weighted by Crippen LogP contribution is -2.40. The van der Waals surface area contributed by atoms with E-state index in [9.17, 15) is 4.79 Å². The van der Waals surface area contributed by atoms with E-state index in [1.807, 2.05) is 30.3 Å². The minimum Gasteiger partial charge on any atom is -0.301 e. The molecule has 0 spiro atoms. The normalized spacial score (nSPS) is 20.7. The van der Waals surface area contributed by atoms with Crippen LogP contribution in [0.2, 0.25) is 0 Å². The smallest absolute Gasteiger partial charge is 0.137 e. The minimum absolute atomic E-state index is 0.391. The van der Waals surface area contributed by atoms with Crippen LogP contribution in [0.5, 0.6) is 0 Å². The van der Waals surface area contributed by atoms with Crippen molar-refractivity contribution in [2.75, 3.05) is 13.1 Å². The van der Waals surface area contributed by atoms with E-state index in [2.05, 4.69) is 18.7 Å². The van der Waals surface area contributed by atoms with Gasteiger partial charge in [-0.25, -0.2) is 0 Å². The molecule has 1 saturated heterocycles. The maximum atomic E-state index is 12.1. The second kappa shape index (κ2) is 6.85. The third kappa shape index (κ3) is 4.46. The van der Waals surface area contributed by atoms with Gasteiger partial charge in [-0.05, 0) is 44.7 Å². The summed E-state index contributed by atoms with van der Waals surface area (Å²) in [6, 6.07) is 10.7. The molecule has 0 aromatic heterocycles. The Bertz CT molecular complexity index is 399. The molecule has 0 unspecified atom stereocenters. The van der Waals surface area contributed by atoms with Gasteiger partial charge in [0.2, 0.25) is 0 Å². The van der Waals surface area contributed by atoms with E-state index >= 15 is 0 Å². The van der Waals surface area contributed by atoms with Crippen molar-refractivity contribution < 1.29 is 4.79 Å². The summed E-state index contributed by atoms with van der Waals surface area (Å²) < 4.78 is 0. The summed E-state index contributed by atoms with van der Waals surface area (Å²) in [6.45, 7) is 6.78. The van der Waals surface area contributed by atoms with Gasteiger partial charge in [0.15, 0.2) is 0 Å². The van der Waals surface area contributed by atoms with Crippen LogP contribution in [0.25, 0.3) is 0 Å². The van der Waals surface area contributed by atoms with Crippen LogP contribution in [-0.4, -0.2) is 29.8 Å². The first-order valence-electron chi connectivity index (χ1n) is 7.45. The SMILES string of the molecule is CC(C)N1CCC[C@@H](CC(=O)Cc2ccccc2)C1. The van der Waals surface area contributed by atoms with Crippen LogP contribution in [0.1, 0.15) is 38.7 Å². The zero-order valence-corrected chi connectivity index (χ0v) is 12.1. The third-order valence-corrected chi connectivity index (χ3v) is 4.04. The van der Waals surface area contributed by atoms with Gasteiger partial charge in [0.05, 0.1) is 0 Å². The third-order valence-electron chi connectivity index (χ3n) is 4.04. The Labute approximate surface area is 116 Å². The fraction of sp³-hybridized carbons (Fsp3) is 0.588. The number of nitrogens with zero attached hydrogens (tertiary/aromatic N) is 1. The van der Waals surface area contributed by atoms with Gasteiger partial charge in [-0.2, -0.15) is 0 Å². The summed E-state index contributed by atoms with van der Waals surface area (Å²) in [5, 5.41) is 0. The van der Waals surface area contributed by atoms with Gasteiger partial charge < -0.3 is 4.90 Å². The van der Waals surface area contributed by atoms with E-state index in [-0.39, 0.29) is 0 Å². The average molecular weight is 259 g/mol. The lowest BCUT2D eigenvalue weighted by atomic mass is 9.90. The van der Waals surface area contributed by atoms with Crippen LogP contribution < -0.4 is 0 Å². The van der Waals surface area contributed by atoms with Gasteiger partial charge in [0, 0.05) is 25.4 Å². The van der Waals surface area contributed by atoms with Crippen molar-refractivity contribution in [1.82, 2.24) is 4.90 Å². The number of piperidine rings is 1. The van der Waals surface area contributed by atoms with E-state index in [0.717, 1.165) is 18.5 Å². The van der Waals surface area contributed by atoms with Gasteiger partial charge in [-0.15, -0.1) is 0 Å². The number of benzene rings is 1. The predicted molar refractivity (Wildman–Crippen MR) is 79.2 cm³/mol. The Morgan fingerprint density at radius 2 is 2.05 bits per heavy atom. The van der Waals surface area contributed by atoms with Crippen LogP contribution in [0.15, 0.2) is 30.3 Å². The second-order valence-electron chi connectivity index (χ2n) is 6.00.